The maximum Gasteiger partial charge on any atom is 0.325 e. The zero-order valence-corrected chi connectivity index (χ0v) is 15.1. The van der Waals surface area contributed by atoms with Gasteiger partial charge in [0.2, 0.25) is 0 Å². The first-order valence-corrected chi connectivity index (χ1v) is 9.87. The van der Waals surface area contributed by atoms with Gasteiger partial charge < -0.3 is 24.2 Å². The standard InChI is InChI=1S/C16H22N3O5P/c1-23-14-7-12-13(8-15(14)24-2)17-10-18-16(12)19-5-3-11(4-6-19)9-25(20,21)22/h7-8,10-11H,3-6,9H2,1-2H3,(H2,20,21,22). The quantitative estimate of drug-likeness (QED) is 0.774. The highest BCUT2D eigenvalue weighted by Crippen LogP contribution is 2.41. The molecule has 0 bridgehead atoms. The number of nitrogens with zero attached hydrogens (tertiary/aromatic N) is 3. The summed E-state index contributed by atoms with van der Waals surface area (Å²) >= 11 is 0. The van der Waals surface area contributed by atoms with Crippen molar-refractivity contribution < 1.29 is 23.8 Å². The predicted molar refractivity (Wildman–Crippen MR) is 94.5 cm³/mol. The summed E-state index contributed by atoms with van der Waals surface area (Å²) in [5.41, 5.74) is 0.764. The molecule has 1 saturated heterocycles. The SMILES string of the molecule is COc1cc2ncnc(N3CCC(CP(=O)(O)O)CC3)c2cc1OC. The molecule has 136 valence electrons. The molecular weight excluding hydrogens is 345 g/mol. The molecule has 2 aromatic rings. The van der Waals surface area contributed by atoms with Crippen LogP contribution >= 0.6 is 7.60 Å². The average molecular weight is 367 g/mol. The summed E-state index contributed by atoms with van der Waals surface area (Å²) < 4.78 is 21.9. The Hall–Kier alpha value is -1.89. The number of ether oxygens (including phenoxy) is 2. The van der Waals surface area contributed by atoms with Gasteiger partial charge in [0.25, 0.3) is 0 Å². The van der Waals surface area contributed by atoms with E-state index in [-0.39, 0.29) is 12.1 Å². The molecule has 3 rings (SSSR count). The molecule has 2 N–H and O–H groups in total. The summed E-state index contributed by atoms with van der Waals surface area (Å²) in [6.07, 6.45) is 2.93. The predicted octanol–water partition coefficient (Wildman–Crippen LogP) is 2.04. The van der Waals surface area contributed by atoms with Gasteiger partial charge in [-0.25, -0.2) is 9.97 Å². The van der Waals surface area contributed by atoms with Crippen LogP contribution in [0.25, 0.3) is 10.9 Å². The van der Waals surface area contributed by atoms with Gasteiger partial charge in [-0.15, -0.1) is 0 Å². The van der Waals surface area contributed by atoms with Gasteiger partial charge in [-0.1, -0.05) is 0 Å². The molecule has 0 unspecified atom stereocenters. The lowest BCUT2D eigenvalue weighted by atomic mass is 9.98. The highest BCUT2D eigenvalue weighted by Gasteiger charge is 2.27. The van der Waals surface area contributed by atoms with Crippen LogP contribution in [0.1, 0.15) is 12.8 Å². The van der Waals surface area contributed by atoms with E-state index in [9.17, 15) is 4.57 Å². The fraction of sp³-hybridized carbons (Fsp3) is 0.500. The van der Waals surface area contributed by atoms with Crippen LogP contribution in [0.2, 0.25) is 0 Å². The van der Waals surface area contributed by atoms with E-state index in [0.717, 1.165) is 29.6 Å². The van der Waals surface area contributed by atoms with Crippen molar-refractivity contribution in [1.29, 1.82) is 0 Å². The highest BCUT2D eigenvalue weighted by molar-refractivity contribution is 7.51. The number of anilines is 1. The number of hydrogen-bond donors (Lipinski definition) is 2. The van der Waals surface area contributed by atoms with E-state index in [1.54, 1.807) is 14.2 Å². The molecule has 0 spiro atoms. The molecule has 2 heterocycles. The first-order valence-electron chi connectivity index (χ1n) is 8.07. The van der Waals surface area contributed by atoms with Crippen LogP contribution in [-0.4, -0.2) is 53.2 Å². The molecule has 0 amide bonds. The molecular formula is C16H22N3O5P. The third-order valence-corrected chi connectivity index (χ3v) is 5.52. The second-order valence-corrected chi connectivity index (χ2v) is 7.89. The first kappa shape index (κ1) is 17.9. The normalized spacial score (nSPS) is 16.2. The Morgan fingerprint density at radius 3 is 2.40 bits per heavy atom. The molecule has 1 aliphatic rings. The Labute approximate surface area is 146 Å². The van der Waals surface area contributed by atoms with Gasteiger partial charge >= 0.3 is 7.60 Å². The van der Waals surface area contributed by atoms with Gasteiger partial charge in [0.15, 0.2) is 11.5 Å². The Balaban J connectivity index is 1.86. The zero-order valence-electron chi connectivity index (χ0n) is 14.3. The van der Waals surface area contributed by atoms with Crippen LogP contribution < -0.4 is 14.4 Å². The fourth-order valence-electron chi connectivity index (χ4n) is 3.29. The van der Waals surface area contributed by atoms with Gasteiger partial charge in [-0.2, -0.15) is 0 Å². The Morgan fingerprint density at radius 2 is 1.80 bits per heavy atom. The van der Waals surface area contributed by atoms with Crippen molar-refractivity contribution in [2.45, 2.75) is 12.8 Å². The van der Waals surface area contributed by atoms with Crippen molar-refractivity contribution in [3.05, 3.63) is 18.5 Å². The van der Waals surface area contributed by atoms with Gasteiger partial charge in [-0.05, 0) is 24.8 Å². The number of hydrogen-bond acceptors (Lipinski definition) is 6. The minimum Gasteiger partial charge on any atom is -0.493 e. The van der Waals surface area contributed by atoms with Gasteiger partial charge in [0.05, 0.1) is 25.9 Å². The topological polar surface area (TPSA) is 105 Å². The molecule has 1 fully saturated rings. The number of methoxy groups -OCH3 is 2. The van der Waals surface area contributed by atoms with Crippen LogP contribution in [0.3, 0.4) is 0 Å². The largest absolute Gasteiger partial charge is 0.493 e. The van der Waals surface area contributed by atoms with Crippen LogP contribution in [0, 0.1) is 5.92 Å². The van der Waals surface area contributed by atoms with Gasteiger partial charge in [-0.3, -0.25) is 4.57 Å². The zero-order chi connectivity index (χ0) is 18.0. The monoisotopic (exact) mass is 367 g/mol. The summed E-state index contributed by atoms with van der Waals surface area (Å²) in [6, 6.07) is 3.69. The van der Waals surface area contributed by atoms with Crippen LogP contribution in [-0.2, 0) is 4.57 Å². The molecule has 0 aliphatic carbocycles. The number of fused-ring (bicyclic) bond motifs is 1. The third kappa shape index (κ3) is 4.03. The van der Waals surface area contributed by atoms with E-state index >= 15 is 0 Å². The molecule has 1 aliphatic heterocycles. The van der Waals surface area contributed by atoms with Crippen molar-refractivity contribution in [1.82, 2.24) is 9.97 Å². The number of piperidine rings is 1. The Bertz CT molecular complexity index is 802. The number of benzene rings is 1. The van der Waals surface area contributed by atoms with Crippen molar-refractivity contribution in [2.24, 2.45) is 5.92 Å². The summed E-state index contributed by atoms with van der Waals surface area (Å²) in [5, 5.41) is 0.869. The van der Waals surface area contributed by atoms with E-state index < -0.39 is 7.60 Å². The van der Waals surface area contributed by atoms with Crippen LogP contribution in [0.4, 0.5) is 5.82 Å². The van der Waals surface area contributed by atoms with E-state index in [1.165, 1.54) is 6.33 Å². The summed E-state index contributed by atoms with van der Waals surface area (Å²) in [4.78, 5) is 29.2. The van der Waals surface area contributed by atoms with Gasteiger partial charge in [0.1, 0.15) is 12.1 Å². The number of rotatable bonds is 5. The van der Waals surface area contributed by atoms with E-state index in [1.807, 2.05) is 12.1 Å². The minimum atomic E-state index is -3.96. The van der Waals surface area contributed by atoms with Crippen molar-refractivity contribution in [3.8, 4) is 11.5 Å². The lowest BCUT2D eigenvalue weighted by Crippen LogP contribution is -2.35. The second-order valence-electron chi connectivity index (χ2n) is 6.20. The lowest BCUT2D eigenvalue weighted by Gasteiger charge is -2.33. The summed E-state index contributed by atoms with van der Waals surface area (Å²) in [6.45, 7) is 1.40. The van der Waals surface area contributed by atoms with Crippen molar-refractivity contribution >= 4 is 24.3 Å². The van der Waals surface area contributed by atoms with E-state index in [4.69, 9.17) is 19.3 Å². The molecule has 0 atom stereocenters. The van der Waals surface area contributed by atoms with Crippen LogP contribution in [0.5, 0.6) is 11.5 Å². The van der Waals surface area contributed by atoms with E-state index in [2.05, 4.69) is 14.9 Å². The second kappa shape index (κ2) is 7.15. The summed E-state index contributed by atoms with van der Waals surface area (Å²) in [5.74, 6) is 2.07. The molecule has 1 aromatic carbocycles. The number of aromatic nitrogens is 2. The van der Waals surface area contributed by atoms with Gasteiger partial charge in [0, 0.05) is 24.5 Å². The summed E-state index contributed by atoms with van der Waals surface area (Å²) in [7, 11) is -0.794. The average Bonchev–Trinajstić information content (AvgIpc) is 2.59. The minimum absolute atomic E-state index is 0.0415. The molecule has 8 nitrogen and oxygen atoms in total. The smallest absolute Gasteiger partial charge is 0.325 e. The fourth-order valence-corrected chi connectivity index (χ4v) is 4.32. The Kier molecular flexibility index (Phi) is 5.13. The molecule has 0 saturated carbocycles. The highest BCUT2D eigenvalue weighted by atomic mass is 31.2. The maximum atomic E-state index is 11.2. The molecule has 25 heavy (non-hydrogen) atoms. The molecule has 1 aromatic heterocycles. The van der Waals surface area contributed by atoms with E-state index in [0.29, 0.717) is 24.6 Å². The molecule has 9 heteroatoms. The molecule has 0 radical (unpaired) electrons. The first-order chi connectivity index (χ1) is 11.9. The van der Waals surface area contributed by atoms with Crippen molar-refractivity contribution in [2.75, 3.05) is 38.4 Å². The lowest BCUT2D eigenvalue weighted by molar-refractivity contribution is 0.346. The third-order valence-electron chi connectivity index (χ3n) is 4.53. The van der Waals surface area contributed by atoms with Crippen molar-refractivity contribution in [3.63, 3.8) is 0 Å². The maximum absolute atomic E-state index is 11.2. The van der Waals surface area contributed by atoms with Crippen LogP contribution in [0.15, 0.2) is 18.5 Å². The Morgan fingerprint density at radius 1 is 1.16 bits per heavy atom.